The molecule has 1 aromatic carbocycles. The molecule has 0 spiro atoms. The summed E-state index contributed by atoms with van der Waals surface area (Å²) < 4.78 is 19.9. The van der Waals surface area contributed by atoms with Gasteiger partial charge in [-0.2, -0.15) is 0 Å². The van der Waals surface area contributed by atoms with Crippen LogP contribution in [-0.2, 0) is 21.5 Å². The van der Waals surface area contributed by atoms with Crippen molar-refractivity contribution in [1.29, 1.82) is 0 Å². The number of carbonyl (C=O) groups is 2. The standard InChI is InChI=1S/C26H35FN4O3/c1-26(2,3)21-16-28-22(34-21)17-30-11-6-12-31(14-13-30)25(33)20-9-10-23(32)29(4)24(20)18-7-5-8-19(27)15-18/h5,7-8,15-16,20,24H,6,9-14,17H2,1-4H3. The lowest BCUT2D eigenvalue weighted by Crippen LogP contribution is -2.48. The van der Waals surface area contributed by atoms with E-state index in [0.29, 0.717) is 43.9 Å². The molecule has 2 fully saturated rings. The first kappa shape index (κ1) is 24.4. The highest BCUT2D eigenvalue weighted by Gasteiger charge is 2.41. The minimum Gasteiger partial charge on any atom is -0.444 e. The average molecular weight is 471 g/mol. The summed E-state index contributed by atoms with van der Waals surface area (Å²) in [6.07, 6.45) is 3.47. The normalized spacial score (nSPS) is 22.7. The van der Waals surface area contributed by atoms with Crippen LogP contribution in [0.15, 0.2) is 34.9 Å². The molecule has 8 heteroatoms. The number of nitrogens with zero attached hydrogens (tertiary/aromatic N) is 4. The monoisotopic (exact) mass is 470 g/mol. The third-order valence-electron chi connectivity index (χ3n) is 6.92. The predicted octanol–water partition coefficient (Wildman–Crippen LogP) is 3.76. The molecule has 1 aromatic heterocycles. The fraction of sp³-hybridized carbons (Fsp3) is 0.577. The number of carbonyl (C=O) groups excluding carboxylic acids is 2. The maximum Gasteiger partial charge on any atom is 0.228 e. The molecule has 0 saturated carbocycles. The van der Waals surface area contributed by atoms with Gasteiger partial charge in [-0.15, -0.1) is 0 Å². The van der Waals surface area contributed by atoms with Crippen molar-refractivity contribution >= 4 is 11.8 Å². The van der Waals surface area contributed by atoms with Crippen LogP contribution in [0, 0.1) is 11.7 Å². The first-order chi connectivity index (χ1) is 16.1. The number of aromatic nitrogens is 1. The molecule has 2 aliphatic rings. The van der Waals surface area contributed by atoms with Gasteiger partial charge in [-0.1, -0.05) is 32.9 Å². The molecule has 7 nitrogen and oxygen atoms in total. The molecule has 0 aliphatic carbocycles. The van der Waals surface area contributed by atoms with E-state index in [-0.39, 0.29) is 29.0 Å². The van der Waals surface area contributed by atoms with Crippen LogP contribution in [0.25, 0.3) is 0 Å². The Morgan fingerprint density at radius 3 is 2.71 bits per heavy atom. The van der Waals surface area contributed by atoms with Crippen molar-refractivity contribution < 1.29 is 18.4 Å². The fourth-order valence-corrected chi connectivity index (χ4v) is 4.95. The summed E-state index contributed by atoms with van der Waals surface area (Å²) in [6.45, 7) is 9.76. The second-order valence-electron chi connectivity index (χ2n) is 10.5. The van der Waals surface area contributed by atoms with E-state index in [1.165, 1.54) is 12.1 Å². The molecular formula is C26H35FN4O3. The van der Waals surface area contributed by atoms with Gasteiger partial charge in [0.05, 0.1) is 24.7 Å². The number of hydrogen-bond acceptors (Lipinski definition) is 5. The Bertz CT molecular complexity index is 1030. The summed E-state index contributed by atoms with van der Waals surface area (Å²) in [6, 6.07) is 5.80. The Balaban J connectivity index is 1.44. The molecule has 2 aliphatic heterocycles. The van der Waals surface area contributed by atoms with Crippen molar-refractivity contribution in [2.24, 2.45) is 5.92 Å². The first-order valence-corrected chi connectivity index (χ1v) is 12.1. The van der Waals surface area contributed by atoms with Gasteiger partial charge in [-0.05, 0) is 30.5 Å². The smallest absolute Gasteiger partial charge is 0.228 e. The van der Waals surface area contributed by atoms with Crippen molar-refractivity contribution in [2.45, 2.75) is 58.0 Å². The summed E-state index contributed by atoms with van der Waals surface area (Å²) in [4.78, 5) is 36.3. The van der Waals surface area contributed by atoms with Crippen LogP contribution in [-0.4, -0.2) is 64.7 Å². The molecule has 0 bridgehead atoms. The Labute approximate surface area is 200 Å². The SMILES string of the molecule is CN1C(=O)CCC(C(=O)N2CCCN(Cc3ncc(C(C)(C)C)o3)CC2)C1c1cccc(F)c1. The van der Waals surface area contributed by atoms with Gasteiger partial charge in [0, 0.05) is 45.1 Å². The van der Waals surface area contributed by atoms with Gasteiger partial charge < -0.3 is 14.2 Å². The summed E-state index contributed by atoms with van der Waals surface area (Å²) in [7, 11) is 1.71. The molecule has 0 radical (unpaired) electrons. The van der Waals surface area contributed by atoms with Gasteiger partial charge in [0.1, 0.15) is 11.6 Å². The Morgan fingerprint density at radius 2 is 2.00 bits per heavy atom. The molecule has 2 aromatic rings. The van der Waals surface area contributed by atoms with E-state index in [9.17, 15) is 14.0 Å². The quantitative estimate of drug-likeness (QED) is 0.681. The number of oxazole rings is 1. The zero-order valence-electron chi connectivity index (χ0n) is 20.6. The van der Waals surface area contributed by atoms with Crippen molar-refractivity contribution in [3.05, 3.63) is 53.5 Å². The van der Waals surface area contributed by atoms with Gasteiger partial charge in [0.15, 0.2) is 0 Å². The van der Waals surface area contributed by atoms with E-state index in [4.69, 9.17) is 4.42 Å². The van der Waals surface area contributed by atoms with Gasteiger partial charge >= 0.3 is 0 Å². The number of amides is 2. The van der Waals surface area contributed by atoms with E-state index < -0.39 is 6.04 Å². The van der Waals surface area contributed by atoms with Crippen LogP contribution in [0.2, 0.25) is 0 Å². The van der Waals surface area contributed by atoms with Gasteiger partial charge in [-0.25, -0.2) is 9.37 Å². The average Bonchev–Trinajstić information content (AvgIpc) is 3.14. The zero-order valence-corrected chi connectivity index (χ0v) is 20.6. The van der Waals surface area contributed by atoms with E-state index in [1.54, 1.807) is 30.3 Å². The van der Waals surface area contributed by atoms with Crippen LogP contribution in [0.4, 0.5) is 4.39 Å². The van der Waals surface area contributed by atoms with Crippen molar-refractivity contribution in [3.63, 3.8) is 0 Å². The largest absolute Gasteiger partial charge is 0.444 e. The molecule has 3 heterocycles. The Morgan fingerprint density at radius 1 is 1.21 bits per heavy atom. The highest BCUT2D eigenvalue weighted by molar-refractivity contribution is 5.85. The summed E-state index contributed by atoms with van der Waals surface area (Å²) in [5.41, 5.74) is 0.587. The molecule has 184 valence electrons. The van der Waals surface area contributed by atoms with Gasteiger partial charge in [-0.3, -0.25) is 14.5 Å². The third kappa shape index (κ3) is 5.32. The van der Waals surface area contributed by atoms with E-state index in [1.807, 2.05) is 4.90 Å². The molecule has 2 unspecified atom stereocenters. The Kier molecular flexibility index (Phi) is 7.07. The van der Waals surface area contributed by atoms with E-state index >= 15 is 0 Å². The lowest BCUT2D eigenvalue weighted by atomic mass is 9.83. The third-order valence-corrected chi connectivity index (χ3v) is 6.92. The molecule has 2 atom stereocenters. The van der Waals surface area contributed by atoms with Crippen LogP contribution >= 0.6 is 0 Å². The number of halogens is 1. The maximum absolute atomic E-state index is 14.0. The minimum atomic E-state index is -0.452. The number of likely N-dealkylation sites (tertiary alicyclic amines) is 1. The highest BCUT2D eigenvalue weighted by atomic mass is 19.1. The van der Waals surface area contributed by atoms with Crippen molar-refractivity contribution in [2.75, 3.05) is 33.2 Å². The van der Waals surface area contributed by atoms with E-state index in [0.717, 1.165) is 25.3 Å². The second kappa shape index (κ2) is 9.86. The van der Waals surface area contributed by atoms with E-state index in [2.05, 4.69) is 30.7 Å². The Hall–Kier alpha value is -2.74. The number of rotatable bonds is 4. The summed E-state index contributed by atoms with van der Waals surface area (Å²) >= 11 is 0. The lowest BCUT2D eigenvalue weighted by Gasteiger charge is -2.40. The number of benzene rings is 1. The number of piperidine rings is 1. The molecule has 2 saturated heterocycles. The summed E-state index contributed by atoms with van der Waals surface area (Å²) in [5, 5.41) is 0. The van der Waals surface area contributed by atoms with Crippen LogP contribution in [0.1, 0.15) is 63.3 Å². The van der Waals surface area contributed by atoms with Crippen molar-refractivity contribution in [1.82, 2.24) is 19.7 Å². The van der Waals surface area contributed by atoms with Crippen LogP contribution < -0.4 is 0 Å². The summed E-state index contributed by atoms with van der Waals surface area (Å²) in [5.74, 6) is 0.859. The van der Waals surface area contributed by atoms with Crippen molar-refractivity contribution in [3.8, 4) is 0 Å². The molecule has 34 heavy (non-hydrogen) atoms. The minimum absolute atomic E-state index is 0.0130. The maximum atomic E-state index is 14.0. The molecule has 2 amide bonds. The second-order valence-corrected chi connectivity index (χ2v) is 10.5. The predicted molar refractivity (Wildman–Crippen MR) is 126 cm³/mol. The molecular weight excluding hydrogens is 435 g/mol. The lowest BCUT2D eigenvalue weighted by molar-refractivity contribution is -0.146. The van der Waals surface area contributed by atoms with Gasteiger partial charge in [0.2, 0.25) is 17.7 Å². The molecule has 4 rings (SSSR count). The van der Waals surface area contributed by atoms with Gasteiger partial charge in [0.25, 0.3) is 0 Å². The topological polar surface area (TPSA) is 69.9 Å². The highest BCUT2D eigenvalue weighted by Crippen LogP contribution is 2.37. The zero-order chi connectivity index (χ0) is 24.5. The number of hydrogen-bond donors (Lipinski definition) is 0. The fourth-order valence-electron chi connectivity index (χ4n) is 4.95. The van der Waals surface area contributed by atoms with Crippen LogP contribution in [0.5, 0.6) is 0 Å². The molecule has 0 N–H and O–H groups in total. The van der Waals surface area contributed by atoms with Crippen LogP contribution in [0.3, 0.4) is 0 Å². The first-order valence-electron chi connectivity index (χ1n) is 12.1.